The Morgan fingerprint density at radius 1 is 1.30 bits per heavy atom. The van der Waals surface area contributed by atoms with Crippen molar-refractivity contribution in [3.63, 3.8) is 0 Å². The van der Waals surface area contributed by atoms with E-state index in [4.69, 9.17) is 9.84 Å². The van der Waals surface area contributed by atoms with E-state index >= 15 is 0 Å². The zero-order valence-electron chi connectivity index (χ0n) is 10.7. The van der Waals surface area contributed by atoms with Crippen molar-refractivity contribution in [2.75, 3.05) is 19.0 Å². The summed E-state index contributed by atoms with van der Waals surface area (Å²) in [6, 6.07) is 0.945. The third-order valence-electron chi connectivity index (χ3n) is 2.34. The third kappa shape index (κ3) is 4.71. The van der Waals surface area contributed by atoms with Gasteiger partial charge in [-0.25, -0.2) is 13.6 Å². The quantitative estimate of drug-likeness (QED) is 0.698. The van der Waals surface area contributed by atoms with Gasteiger partial charge >= 0.3 is 12.0 Å². The molecule has 0 aliphatic heterocycles. The Labute approximate surface area is 113 Å². The van der Waals surface area contributed by atoms with E-state index in [1.165, 1.54) is 7.11 Å². The van der Waals surface area contributed by atoms with Gasteiger partial charge in [0.05, 0.1) is 12.8 Å². The molecule has 0 saturated carbocycles. The number of benzene rings is 1. The topological polar surface area (TPSA) is 87.7 Å². The molecule has 3 N–H and O–H groups in total. The van der Waals surface area contributed by atoms with Gasteiger partial charge in [0.25, 0.3) is 0 Å². The van der Waals surface area contributed by atoms with Crippen molar-refractivity contribution in [2.45, 2.75) is 12.8 Å². The molecule has 2 amide bonds. The molecule has 0 bridgehead atoms. The molecule has 20 heavy (non-hydrogen) atoms. The fourth-order valence-corrected chi connectivity index (χ4v) is 1.40. The molecule has 0 aliphatic rings. The summed E-state index contributed by atoms with van der Waals surface area (Å²) in [5, 5.41) is 13.1. The fourth-order valence-electron chi connectivity index (χ4n) is 1.40. The van der Waals surface area contributed by atoms with Gasteiger partial charge in [0.1, 0.15) is 5.75 Å². The molecule has 0 radical (unpaired) electrons. The summed E-state index contributed by atoms with van der Waals surface area (Å²) in [7, 11) is 1.25. The number of hydrogen-bond donors (Lipinski definition) is 3. The summed E-state index contributed by atoms with van der Waals surface area (Å²) in [6.45, 7) is 0.143. The minimum atomic E-state index is -1.12. The highest BCUT2D eigenvalue weighted by Crippen LogP contribution is 2.26. The number of urea groups is 1. The van der Waals surface area contributed by atoms with Gasteiger partial charge in [0, 0.05) is 25.1 Å². The number of carbonyl (C=O) groups is 2. The van der Waals surface area contributed by atoms with Gasteiger partial charge in [-0.3, -0.25) is 4.79 Å². The lowest BCUT2D eigenvalue weighted by molar-refractivity contribution is -0.137. The summed E-state index contributed by atoms with van der Waals surface area (Å²) in [5.74, 6) is -3.19. The van der Waals surface area contributed by atoms with Gasteiger partial charge in [-0.15, -0.1) is 0 Å². The van der Waals surface area contributed by atoms with Gasteiger partial charge in [0.15, 0.2) is 11.6 Å². The van der Waals surface area contributed by atoms with Gasteiger partial charge in [-0.2, -0.15) is 0 Å². The Kier molecular flexibility index (Phi) is 5.70. The second-order valence-corrected chi connectivity index (χ2v) is 3.84. The first kappa shape index (κ1) is 15.7. The number of anilines is 1. The Balaban J connectivity index is 2.57. The molecule has 0 atom stereocenters. The van der Waals surface area contributed by atoms with E-state index in [-0.39, 0.29) is 30.8 Å². The van der Waals surface area contributed by atoms with Crippen LogP contribution in [-0.2, 0) is 4.79 Å². The number of amides is 2. The maximum atomic E-state index is 13.1. The number of halogens is 2. The van der Waals surface area contributed by atoms with Crippen LogP contribution in [0, 0.1) is 11.6 Å². The van der Waals surface area contributed by atoms with Crippen LogP contribution in [0.5, 0.6) is 5.75 Å². The van der Waals surface area contributed by atoms with E-state index < -0.39 is 23.6 Å². The van der Waals surface area contributed by atoms with Gasteiger partial charge < -0.3 is 20.5 Å². The van der Waals surface area contributed by atoms with Crippen LogP contribution in [-0.4, -0.2) is 30.8 Å². The number of rotatable bonds is 6. The van der Waals surface area contributed by atoms with Crippen molar-refractivity contribution >= 4 is 17.7 Å². The van der Waals surface area contributed by atoms with Crippen molar-refractivity contribution in [1.82, 2.24) is 5.32 Å². The minimum Gasteiger partial charge on any atom is -0.494 e. The number of carboxylic acids is 1. The highest BCUT2D eigenvalue weighted by molar-refractivity contribution is 5.90. The number of ether oxygens (including phenoxy) is 1. The summed E-state index contributed by atoms with van der Waals surface area (Å²) in [5.41, 5.74) is -0.0258. The van der Waals surface area contributed by atoms with E-state index in [0.717, 1.165) is 12.1 Å². The molecule has 8 heteroatoms. The molecule has 0 fully saturated rings. The standard InChI is InChI=1S/C12H14F2N2O4/c1-20-10-6-8(14)7(13)5-9(10)16-12(19)15-4-2-3-11(17)18/h5-6H,2-4H2,1H3,(H,17,18)(H2,15,16,19). The Bertz CT molecular complexity index is 508. The predicted octanol–water partition coefficient (Wildman–Crippen LogP) is 1.96. The molecule has 1 rings (SSSR count). The molecule has 110 valence electrons. The van der Waals surface area contributed by atoms with Crippen LogP contribution in [0.25, 0.3) is 0 Å². The van der Waals surface area contributed by atoms with Crippen LogP contribution in [0.15, 0.2) is 12.1 Å². The van der Waals surface area contributed by atoms with Gasteiger partial charge in [0.2, 0.25) is 0 Å². The van der Waals surface area contributed by atoms with Crippen molar-refractivity contribution in [3.8, 4) is 5.75 Å². The lowest BCUT2D eigenvalue weighted by Crippen LogP contribution is -2.30. The van der Waals surface area contributed by atoms with E-state index in [1.807, 2.05) is 0 Å². The van der Waals surface area contributed by atoms with Crippen LogP contribution in [0.1, 0.15) is 12.8 Å². The van der Waals surface area contributed by atoms with Gasteiger partial charge in [-0.1, -0.05) is 0 Å². The average Bonchev–Trinajstić information content (AvgIpc) is 2.38. The minimum absolute atomic E-state index is 0.0235. The van der Waals surface area contributed by atoms with Crippen molar-refractivity contribution < 1.29 is 28.2 Å². The van der Waals surface area contributed by atoms with Crippen LogP contribution < -0.4 is 15.4 Å². The van der Waals surface area contributed by atoms with Crippen molar-refractivity contribution in [1.29, 1.82) is 0 Å². The lowest BCUT2D eigenvalue weighted by atomic mass is 10.2. The molecule has 6 nitrogen and oxygen atoms in total. The third-order valence-corrected chi connectivity index (χ3v) is 2.34. The smallest absolute Gasteiger partial charge is 0.319 e. The predicted molar refractivity (Wildman–Crippen MR) is 66.8 cm³/mol. The zero-order chi connectivity index (χ0) is 15.1. The van der Waals surface area contributed by atoms with Crippen LogP contribution >= 0.6 is 0 Å². The highest BCUT2D eigenvalue weighted by Gasteiger charge is 2.12. The van der Waals surface area contributed by atoms with Crippen molar-refractivity contribution in [3.05, 3.63) is 23.8 Å². The number of methoxy groups -OCH3 is 1. The number of carbonyl (C=O) groups excluding carboxylic acids is 1. The average molecular weight is 288 g/mol. The molecule has 0 spiro atoms. The second kappa shape index (κ2) is 7.27. The monoisotopic (exact) mass is 288 g/mol. The van der Waals surface area contributed by atoms with Crippen molar-refractivity contribution in [2.24, 2.45) is 0 Å². The largest absolute Gasteiger partial charge is 0.494 e. The maximum absolute atomic E-state index is 13.1. The fraction of sp³-hybridized carbons (Fsp3) is 0.333. The molecule has 0 heterocycles. The summed E-state index contributed by atoms with van der Waals surface area (Å²) in [6.07, 6.45) is 0.187. The molecule has 0 aliphatic carbocycles. The number of carboxylic acid groups (broad SMARTS) is 1. The summed E-state index contributed by atoms with van der Waals surface area (Å²) < 4.78 is 30.9. The number of aliphatic carboxylic acids is 1. The SMILES string of the molecule is COc1cc(F)c(F)cc1NC(=O)NCCCC(=O)O. The summed E-state index contributed by atoms with van der Waals surface area (Å²) in [4.78, 5) is 21.7. The highest BCUT2D eigenvalue weighted by atomic mass is 19.2. The first-order chi connectivity index (χ1) is 9.43. The molecular formula is C12H14F2N2O4. The Morgan fingerprint density at radius 2 is 1.95 bits per heavy atom. The van der Waals surface area contributed by atoms with E-state index in [0.29, 0.717) is 0 Å². The van der Waals surface area contributed by atoms with E-state index in [9.17, 15) is 18.4 Å². The molecule has 1 aromatic carbocycles. The van der Waals surface area contributed by atoms with E-state index in [1.54, 1.807) is 0 Å². The first-order valence-corrected chi connectivity index (χ1v) is 5.73. The Hall–Kier alpha value is -2.38. The molecule has 1 aromatic rings. The normalized spacial score (nSPS) is 9.95. The second-order valence-electron chi connectivity index (χ2n) is 3.84. The molecular weight excluding hydrogens is 274 g/mol. The lowest BCUT2D eigenvalue weighted by Gasteiger charge is -2.11. The van der Waals surface area contributed by atoms with Crippen LogP contribution in [0.3, 0.4) is 0 Å². The van der Waals surface area contributed by atoms with Crippen LogP contribution in [0.2, 0.25) is 0 Å². The molecule has 0 saturated heterocycles. The first-order valence-electron chi connectivity index (χ1n) is 5.73. The Morgan fingerprint density at radius 3 is 2.55 bits per heavy atom. The molecule has 0 unspecified atom stereocenters. The summed E-state index contributed by atoms with van der Waals surface area (Å²) >= 11 is 0. The van der Waals surface area contributed by atoms with Gasteiger partial charge in [-0.05, 0) is 6.42 Å². The molecule has 0 aromatic heterocycles. The number of hydrogen-bond acceptors (Lipinski definition) is 3. The zero-order valence-corrected chi connectivity index (χ0v) is 10.7. The van der Waals surface area contributed by atoms with E-state index in [2.05, 4.69) is 10.6 Å². The number of nitrogens with one attached hydrogen (secondary N) is 2. The maximum Gasteiger partial charge on any atom is 0.319 e. The van der Waals surface area contributed by atoms with Crippen LogP contribution in [0.4, 0.5) is 19.3 Å².